The van der Waals surface area contributed by atoms with Gasteiger partial charge in [-0.2, -0.15) is 0 Å². The minimum Gasteiger partial charge on any atom is -0.495 e. The third kappa shape index (κ3) is 4.37. The van der Waals surface area contributed by atoms with E-state index in [4.69, 9.17) is 4.74 Å². The van der Waals surface area contributed by atoms with Gasteiger partial charge in [0.2, 0.25) is 10.0 Å². The van der Waals surface area contributed by atoms with Gasteiger partial charge in [-0.05, 0) is 55.0 Å². The highest BCUT2D eigenvalue weighted by molar-refractivity contribution is 7.89. The van der Waals surface area contributed by atoms with Crippen LogP contribution >= 0.6 is 0 Å². The highest BCUT2D eigenvalue weighted by Gasteiger charge is 2.27. The Hall–Kier alpha value is -2.38. The van der Waals surface area contributed by atoms with Gasteiger partial charge in [-0.3, -0.25) is 4.79 Å². The van der Waals surface area contributed by atoms with E-state index in [1.165, 1.54) is 18.7 Å². The minimum atomic E-state index is -3.79. The van der Waals surface area contributed by atoms with E-state index in [2.05, 4.69) is 16.1 Å². The number of hydrogen-bond donors (Lipinski definition) is 2. The second-order valence-electron chi connectivity index (χ2n) is 8.09. The molecule has 0 radical (unpaired) electrons. The summed E-state index contributed by atoms with van der Waals surface area (Å²) >= 11 is 0. The maximum Gasteiger partial charge on any atom is 0.251 e. The maximum absolute atomic E-state index is 13.0. The van der Waals surface area contributed by atoms with Gasteiger partial charge in [0.25, 0.3) is 5.91 Å². The molecule has 2 aromatic carbocycles. The molecule has 1 fully saturated rings. The van der Waals surface area contributed by atoms with Gasteiger partial charge < -0.3 is 10.1 Å². The maximum atomic E-state index is 13.0. The number of amides is 1. The van der Waals surface area contributed by atoms with E-state index in [0.717, 1.165) is 50.5 Å². The number of ether oxygens (including phenoxy) is 1. The van der Waals surface area contributed by atoms with E-state index >= 15 is 0 Å². The van der Waals surface area contributed by atoms with Crippen LogP contribution in [0.5, 0.6) is 5.75 Å². The fourth-order valence-corrected chi connectivity index (χ4v) is 5.98. The van der Waals surface area contributed by atoms with Crippen molar-refractivity contribution < 1.29 is 17.9 Å². The fourth-order valence-electron chi connectivity index (χ4n) is 4.48. The van der Waals surface area contributed by atoms with Crippen LogP contribution in [0.2, 0.25) is 0 Å². The molecule has 2 aliphatic rings. The Morgan fingerprint density at radius 2 is 1.80 bits per heavy atom. The highest BCUT2D eigenvalue weighted by Crippen LogP contribution is 2.32. The molecule has 1 atom stereocenters. The number of fused-ring (bicyclic) bond motifs is 1. The summed E-state index contributed by atoms with van der Waals surface area (Å²) in [6.45, 7) is 0. The lowest BCUT2D eigenvalue weighted by molar-refractivity contribution is 0.0936. The van der Waals surface area contributed by atoms with Crippen molar-refractivity contribution in [2.45, 2.75) is 61.9 Å². The van der Waals surface area contributed by atoms with Crippen molar-refractivity contribution in [2.24, 2.45) is 0 Å². The highest BCUT2D eigenvalue weighted by atomic mass is 32.2. The van der Waals surface area contributed by atoms with Crippen molar-refractivity contribution in [1.29, 1.82) is 0 Å². The van der Waals surface area contributed by atoms with Crippen LogP contribution < -0.4 is 14.8 Å². The molecular formula is C23H28N2O4S. The molecule has 30 heavy (non-hydrogen) atoms. The standard InChI is InChI=1S/C23H28N2O4S/c1-29-21-14-12-17(15-22(21)30(27,28)25-18-8-3-2-4-9-18)23(26)24-20-13-11-16-7-5-6-10-19(16)20/h5-7,10,12,14-15,18,20,25H,2-4,8-9,11,13H2,1H3,(H,24,26). The van der Waals surface area contributed by atoms with Gasteiger partial charge in [0, 0.05) is 11.6 Å². The predicted molar refractivity (Wildman–Crippen MR) is 115 cm³/mol. The van der Waals surface area contributed by atoms with Crippen LogP contribution in [-0.4, -0.2) is 27.5 Å². The normalized spacial score (nSPS) is 19.3. The van der Waals surface area contributed by atoms with Crippen molar-refractivity contribution in [3.05, 3.63) is 59.2 Å². The van der Waals surface area contributed by atoms with Crippen LogP contribution in [-0.2, 0) is 16.4 Å². The third-order valence-electron chi connectivity index (χ3n) is 6.08. The number of rotatable bonds is 6. The van der Waals surface area contributed by atoms with Gasteiger partial charge in [-0.1, -0.05) is 43.5 Å². The second-order valence-corrected chi connectivity index (χ2v) is 9.77. The molecule has 0 aromatic heterocycles. The average molecular weight is 429 g/mol. The number of nitrogens with one attached hydrogen (secondary N) is 2. The summed E-state index contributed by atoms with van der Waals surface area (Å²) in [4.78, 5) is 12.9. The number of sulfonamides is 1. The number of benzene rings is 2. The molecule has 0 heterocycles. The van der Waals surface area contributed by atoms with Gasteiger partial charge in [-0.25, -0.2) is 13.1 Å². The molecule has 0 bridgehead atoms. The van der Waals surface area contributed by atoms with Crippen molar-refractivity contribution in [2.75, 3.05) is 7.11 Å². The summed E-state index contributed by atoms with van der Waals surface area (Å²) in [6, 6.07) is 12.5. The summed E-state index contributed by atoms with van der Waals surface area (Å²) in [5.74, 6) is -0.0467. The molecule has 2 aromatic rings. The number of carbonyl (C=O) groups is 1. The second kappa shape index (κ2) is 8.78. The molecule has 0 aliphatic heterocycles. The predicted octanol–water partition coefficient (Wildman–Crippen LogP) is 3.72. The van der Waals surface area contributed by atoms with E-state index < -0.39 is 10.0 Å². The van der Waals surface area contributed by atoms with Crippen LogP contribution in [0, 0.1) is 0 Å². The molecule has 1 saturated carbocycles. The van der Waals surface area contributed by atoms with Gasteiger partial charge in [-0.15, -0.1) is 0 Å². The summed E-state index contributed by atoms with van der Waals surface area (Å²) in [5.41, 5.74) is 2.69. The third-order valence-corrected chi connectivity index (χ3v) is 7.62. The zero-order valence-corrected chi connectivity index (χ0v) is 18.0. The summed E-state index contributed by atoms with van der Waals surface area (Å²) in [7, 11) is -2.35. The summed E-state index contributed by atoms with van der Waals surface area (Å²) in [6.07, 6.45) is 6.63. The number of methoxy groups -OCH3 is 1. The van der Waals surface area contributed by atoms with E-state index in [0.29, 0.717) is 5.56 Å². The molecule has 1 amide bonds. The first-order chi connectivity index (χ1) is 14.5. The van der Waals surface area contributed by atoms with Gasteiger partial charge in [0.1, 0.15) is 10.6 Å². The lowest BCUT2D eigenvalue weighted by atomic mass is 9.96. The van der Waals surface area contributed by atoms with Gasteiger partial charge in [0.05, 0.1) is 13.2 Å². The Kier molecular flexibility index (Phi) is 6.11. The van der Waals surface area contributed by atoms with E-state index in [1.54, 1.807) is 12.1 Å². The molecule has 0 saturated heterocycles. The Morgan fingerprint density at radius 1 is 1.03 bits per heavy atom. The van der Waals surface area contributed by atoms with Gasteiger partial charge in [0.15, 0.2) is 0 Å². The van der Waals surface area contributed by atoms with Crippen LogP contribution in [0.25, 0.3) is 0 Å². The van der Waals surface area contributed by atoms with Crippen molar-refractivity contribution in [1.82, 2.24) is 10.0 Å². The van der Waals surface area contributed by atoms with Crippen molar-refractivity contribution in [3.63, 3.8) is 0 Å². The molecule has 6 nitrogen and oxygen atoms in total. The first-order valence-corrected chi connectivity index (χ1v) is 12.1. The molecule has 1 unspecified atom stereocenters. The first-order valence-electron chi connectivity index (χ1n) is 10.6. The molecule has 2 N–H and O–H groups in total. The Morgan fingerprint density at radius 3 is 2.57 bits per heavy atom. The smallest absolute Gasteiger partial charge is 0.251 e. The van der Waals surface area contributed by atoms with Crippen LogP contribution in [0.15, 0.2) is 47.4 Å². The monoisotopic (exact) mass is 428 g/mol. The first kappa shape index (κ1) is 20.9. The number of carbonyl (C=O) groups excluding carboxylic acids is 1. The van der Waals surface area contributed by atoms with Crippen molar-refractivity contribution >= 4 is 15.9 Å². The molecule has 4 rings (SSSR count). The lowest BCUT2D eigenvalue weighted by Crippen LogP contribution is -2.36. The average Bonchev–Trinajstić information content (AvgIpc) is 3.16. The molecular weight excluding hydrogens is 400 g/mol. The molecule has 7 heteroatoms. The van der Waals surface area contributed by atoms with Crippen LogP contribution in [0.4, 0.5) is 0 Å². The molecule has 0 spiro atoms. The SMILES string of the molecule is COc1ccc(C(=O)NC2CCc3ccccc32)cc1S(=O)(=O)NC1CCCCC1. The van der Waals surface area contributed by atoms with E-state index in [1.807, 2.05) is 18.2 Å². The van der Waals surface area contributed by atoms with E-state index in [9.17, 15) is 13.2 Å². The Bertz CT molecular complexity index is 1030. The minimum absolute atomic E-state index is 0.00930. The number of aryl methyl sites for hydroxylation is 1. The summed E-state index contributed by atoms with van der Waals surface area (Å²) in [5, 5.41) is 3.05. The zero-order valence-electron chi connectivity index (χ0n) is 17.2. The number of hydrogen-bond acceptors (Lipinski definition) is 4. The molecule has 2 aliphatic carbocycles. The zero-order chi connectivity index (χ0) is 21.1. The van der Waals surface area contributed by atoms with Crippen molar-refractivity contribution in [3.8, 4) is 5.75 Å². The largest absolute Gasteiger partial charge is 0.495 e. The lowest BCUT2D eigenvalue weighted by Gasteiger charge is -2.23. The summed E-state index contributed by atoms with van der Waals surface area (Å²) < 4.78 is 34.2. The van der Waals surface area contributed by atoms with E-state index in [-0.39, 0.29) is 28.6 Å². The fraction of sp³-hybridized carbons (Fsp3) is 0.435. The Labute approximate surface area is 178 Å². The topological polar surface area (TPSA) is 84.5 Å². The quantitative estimate of drug-likeness (QED) is 0.734. The van der Waals surface area contributed by atoms with Crippen LogP contribution in [0.3, 0.4) is 0 Å². The molecule has 160 valence electrons. The Balaban J connectivity index is 1.55. The van der Waals surface area contributed by atoms with Gasteiger partial charge >= 0.3 is 0 Å². The van der Waals surface area contributed by atoms with Crippen LogP contribution in [0.1, 0.15) is 66.1 Å².